The quantitative estimate of drug-likeness (QED) is 0.620. The fourth-order valence-corrected chi connectivity index (χ4v) is 0.866. The van der Waals surface area contributed by atoms with Crippen LogP contribution in [0.25, 0.3) is 0 Å². The standard InChI is InChI=1S/C8H14N2O3/c1-10(8(12)3-4-9)5-7(11)6-13-2/h7,11H,3,5-6H2,1-2H3. The third-order valence-corrected chi connectivity index (χ3v) is 1.50. The minimum atomic E-state index is -0.697. The van der Waals surface area contributed by atoms with Gasteiger partial charge >= 0.3 is 0 Å². The summed E-state index contributed by atoms with van der Waals surface area (Å²) in [4.78, 5) is 12.3. The average molecular weight is 186 g/mol. The van der Waals surface area contributed by atoms with Crippen LogP contribution in [0.5, 0.6) is 0 Å². The first-order valence-corrected chi connectivity index (χ1v) is 3.89. The van der Waals surface area contributed by atoms with Crippen molar-refractivity contribution in [3.05, 3.63) is 0 Å². The molecular weight excluding hydrogens is 172 g/mol. The van der Waals surface area contributed by atoms with Crippen molar-refractivity contribution in [3.63, 3.8) is 0 Å². The molecule has 0 bridgehead atoms. The molecule has 5 heteroatoms. The Morgan fingerprint density at radius 1 is 1.77 bits per heavy atom. The molecule has 5 nitrogen and oxygen atoms in total. The van der Waals surface area contributed by atoms with Crippen molar-refractivity contribution < 1.29 is 14.6 Å². The number of ether oxygens (including phenoxy) is 1. The Kier molecular flexibility index (Phi) is 5.85. The lowest BCUT2D eigenvalue weighted by molar-refractivity contribution is -0.130. The van der Waals surface area contributed by atoms with Gasteiger partial charge in [-0.25, -0.2) is 0 Å². The molecule has 0 aliphatic heterocycles. The van der Waals surface area contributed by atoms with Gasteiger partial charge in [-0.15, -0.1) is 0 Å². The van der Waals surface area contributed by atoms with Crippen LogP contribution in [0.1, 0.15) is 6.42 Å². The molecule has 0 fully saturated rings. The lowest BCUT2D eigenvalue weighted by Crippen LogP contribution is -2.35. The van der Waals surface area contributed by atoms with Crippen molar-refractivity contribution in [3.8, 4) is 6.07 Å². The van der Waals surface area contributed by atoms with E-state index in [0.717, 1.165) is 0 Å². The molecule has 0 saturated carbocycles. The van der Waals surface area contributed by atoms with Crippen LogP contribution in [0.2, 0.25) is 0 Å². The number of aliphatic hydroxyl groups excluding tert-OH is 1. The van der Waals surface area contributed by atoms with E-state index in [1.807, 2.05) is 0 Å². The van der Waals surface area contributed by atoms with Crippen molar-refractivity contribution >= 4 is 5.91 Å². The van der Waals surface area contributed by atoms with Crippen molar-refractivity contribution in [2.45, 2.75) is 12.5 Å². The van der Waals surface area contributed by atoms with E-state index in [1.165, 1.54) is 12.0 Å². The predicted molar refractivity (Wildman–Crippen MR) is 45.7 cm³/mol. The van der Waals surface area contributed by atoms with Gasteiger partial charge in [0.2, 0.25) is 5.91 Å². The number of aliphatic hydroxyl groups is 1. The zero-order valence-electron chi connectivity index (χ0n) is 7.86. The van der Waals surface area contributed by atoms with Gasteiger partial charge < -0.3 is 14.7 Å². The molecule has 0 aliphatic rings. The predicted octanol–water partition coefficient (Wildman–Crippen LogP) is -0.634. The molecule has 0 aliphatic carbocycles. The number of nitrogens with zero attached hydrogens (tertiary/aromatic N) is 2. The highest BCUT2D eigenvalue weighted by molar-refractivity contribution is 5.77. The molecule has 1 N–H and O–H groups in total. The fraction of sp³-hybridized carbons (Fsp3) is 0.750. The van der Waals surface area contributed by atoms with Crippen molar-refractivity contribution in [1.82, 2.24) is 4.90 Å². The lowest BCUT2D eigenvalue weighted by Gasteiger charge is -2.19. The van der Waals surface area contributed by atoms with E-state index in [0.29, 0.717) is 0 Å². The maximum Gasteiger partial charge on any atom is 0.236 e. The second-order valence-corrected chi connectivity index (χ2v) is 2.72. The summed E-state index contributed by atoms with van der Waals surface area (Å²) in [5, 5.41) is 17.5. The molecule has 74 valence electrons. The molecule has 0 heterocycles. The third-order valence-electron chi connectivity index (χ3n) is 1.50. The summed E-state index contributed by atoms with van der Waals surface area (Å²) in [5.41, 5.74) is 0. The number of methoxy groups -OCH3 is 1. The first-order chi connectivity index (χ1) is 6.11. The third kappa shape index (κ3) is 5.17. The van der Waals surface area contributed by atoms with Gasteiger partial charge in [-0.1, -0.05) is 0 Å². The van der Waals surface area contributed by atoms with E-state index in [1.54, 1.807) is 13.1 Å². The number of rotatable bonds is 5. The molecule has 1 unspecified atom stereocenters. The largest absolute Gasteiger partial charge is 0.389 e. The van der Waals surface area contributed by atoms with Crippen LogP contribution in [0.15, 0.2) is 0 Å². The first-order valence-electron chi connectivity index (χ1n) is 3.89. The Morgan fingerprint density at radius 2 is 2.38 bits per heavy atom. The number of likely N-dealkylation sites (N-methyl/N-ethyl adjacent to an activating group) is 1. The maximum absolute atomic E-state index is 11.0. The Balaban J connectivity index is 3.79. The van der Waals surface area contributed by atoms with Gasteiger partial charge in [0.15, 0.2) is 0 Å². The molecule has 1 amide bonds. The Bertz CT molecular complexity index is 200. The summed E-state index contributed by atoms with van der Waals surface area (Å²) in [7, 11) is 3.01. The van der Waals surface area contributed by atoms with Crippen LogP contribution < -0.4 is 0 Å². The van der Waals surface area contributed by atoms with Crippen molar-refractivity contribution in [1.29, 1.82) is 5.26 Å². The Labute approximate surface area is 77.5 Å². The second-order valence-electron chi connectivity index (χ2n) is 2.72. The minimum absolute atomic E-state index is 0.157. The lowest BCUT2D eigenvalue weighted by atomic mass is 10.3. The minimum Gasteiger partial charge on any atom is -0.389 e. The number of carbonyl (C=O) groups excluding carboxylic acids is 1. The number of amides is 1. The zero-order valence-corrected chi connectivity index (χ0v) is 7.86. The zero-order chi connectivity index (χ0) is 10.3. The Hall–Kier alpha value is -1.12. The summed E-state index contributed by atoms with van der Waals surface area (Å²) >= 11 is 0. The number of hydrogen-bond donors (Lipinski definition) is 1. The molecule has 13 heavy (non-hydrogen) atoms. The first kappa shape index (κ1) is 11.9. The van der Waals surface area contributed by atoms with E-state index in [-0.39, 0.29) is 25.5 Å². The van der Waals surface area contributed by atoms with Gasteiger partial charge in [0.25, 0.3) is 0 Å². The second kappa shape index (κ2) is 6.40. The highest BCUT2D eigenvalue weighted by Crippen LogP contribution is 1.93. The van der Waals surface area contributed by atoms with Crippen LogP contribution in [0.4, 0.5) is 0 Å². The molecule has 0 spiro atoms. The number of hydrogen-bond acceptors (Lipinski definition) is 4. The number of carbonyl (C=O) groups is 1. The Morgan fingerprint density at radius 3 is 2.85 bits per heavy atom. The van der Waals surface area contributed by atoms with E-state index < -0.39 is 6.10 Å². The molecule has 1 atom stereocenters. The van der Waals surface area contributed by atoms with Crippen LogP contribution in [-0.2, 0) is 9.53 Å². The monoisotopic (exact) mass is 186 g/mol. The molecule has 0 aromatic rings. The van der Waals surface area contributed by atoms with E-state index >= 15 is 0 Å². The number of nitriles is 1. The molecule has 0 radical (unpaired) electrons. The van der Waals surface area contributed by atoms with Gasteiger partial charge in [-0.3, -0.25) is 4.79 Å². The molecule has 0 rings (SSSR count). The van der Waals surface area contributed by atoms with Gasteiger partial charge in [-0.2, -0.15) is 5.26 Å². The van der Waals surface area contributed by atoms with Gasteiger partial charge in [0, 0.05) is 20.7 Å². The van der Waals surface area contributed by atoms with Gasteiger partial charge in [0.05, 0.1) is 18.8 Å². The highest BCUT2D eigenvalue weighted by Gasteiger charge is 2.12. The summed E-state index contributed by atoms with van der Waals surface area (Å²) in [5.74, 6) is -0.294. The van der Waals surface area contributed by atoms with E-state index in [2.05, 4.69) is 0 Å². The molecule has 0 saturated heterocycles. The highest BCUT2D eigenvalue weighted by atomic mass is 16.5. The SMILES string of the molecule is COCC(O)CN(C)C(=O)CC#N. The van der Waals surface area contributed by atoms with Gasteiger partial charge in [-0.05, 0) is 0 Å². The molecular formula is C8H14N2O3. The smallest absolute Gasteiger partial charge is 0.236 e. The van der Waals surface area contributed by atoms with Crippen LogP contribution >= 0.6 is 0 Å². The van der Waals surface area contributed by atoms with Crippen molar-refractivity contribution in [2.24, 2.45) is 0 Å². The van der Waals surface area contributed by atoms with Gasteiger partial charge in [0.1, 0.15) is 6.42 Å². The molecule has 0 aromatic carbocycles. The van der Waals surface area contributed by atoms with E-state index in [9.17, 15) is 9.90 Å². The van der Waals surface area contributed by atoms with Crippen LogP contribution in [0, 0.1) is 11.3 Å². The maximum atomic E-state index is 11.0. The fourth-order valence-electron chi connectivity index (χ4n) is 0.866. The van der Waals surface area contributed by atoms with Crippen LogP contribution in [0.3, 0.4) is 0 Å². The summed E-state index contributed by atoms with van der Waals surface area (Å²) in [6.07, 6.45) is -0.853. The summed E-state index contributed by atoms with van der Waals surface area (Å²) in [6, 6.07) is 1.75. The summed E-state index contributed by atoms with van der Waals surface area (Å²) < 4.78 is 4.69. The van der Waals surface area contributed by atoms with Crippen molar-refractivity contribution in [2.75, 3.05) is 27.3 Å². The van der Waals surface area contributed by atoms with Crippen LogP contribution in [-0.4, -0.2) is 49.3 Å². The average Bonchev–Trinajstić information content (AvgIpc) is 2.05. The topological polar surface area (TPSA) is 73.6 Å². The van der Waals surface area contributed by atoms with E-state index in [4.69, 9.17) is 10.00 Å². The normalized spacial score (nSPS) is 11.8. The molecule has 0 aromatic heterocycles. The summed E-state index contributed by atoms with van der Waals surface area (Å²) in [6.45, 7) is 0.374.